The van der Waals surface area contributed by atoms with Crippen molar-refractivity contribution >= 4 is 0 Å². The van der Waals surface area contributed by atoms with Gasteiger partial charge in [-0.2, -0.15) is 0 Å². The average Bonchev–Trinajstić information content (AvgIpc) is 2.85. The Morgan fingerprint density at radius 3 is 2.30 bits per heavy atom. The third kappa shape index (κ3) is 2.27. The van der Waals surface area contributed by atoms with Crippen LogP contribution in [0.5, 0.6) is 0 Å². The molecule has 2 N–H and O–H groups in total. The zero-order valence-corrected chi connectivity index (χ0v) is 15.3. The van der Waals surface area contributed by atoms with Crippen molar-refractivity contribution in [3.05, 3.63) is 0 Å². The number of fused-ring (bicyclic) bond motifs is 5. The number of hydrogen-bond acceptors (Lipinski definition) is 2. The van der Waals surface area contributed by atoms with Crippen LogP contribution in [0.3, 0.4) is 0 Å². The molecule has 4 aliphatic carbocycles. The summed E-state index contributed by atoms with van der Waals surface area (Å²) < 4.78 is 0. The molecule has 0 aromatic rings. The summed E-state index contributed by atoms with van der Waals surface area (Å²) in [4.78, 5) is 0. The molecule has 0 radical (unpaired) electrons. The molecule has 0 amide bonds. The second-order valence-corrected chi connectivity index (χ2v) is 10.1. The summed E-state index contributed by atoms with van der Waals surface area (Å²) in [6.07, 6.45) is 11.1. The third-order valence-corrected chi connectivity index (χ3v) is 9.29. The van der Waals surface area contributed by atoms with E-state index in [1.54, 1.807) is 0 Å². The molecule has 4 saturated carbocycles. The summed E-state index contributed by atoms with van der Waals surface area (Å²) >= 11 is 0. The molecule has 4 fully saturated rings. The first-order valence-electron chi connectivity index (χ1n) is 10.2. The maximum absolute atomic E-state index is 10.3. The quantitative estimate of drug-likeness (QED) is 0.752. The SMILES string of the molecule is CC(O)[C@H]1CC[C@H]2[C@@H]3CCC4C[C@H](O)CC[C@]4(C)[C@H]3CC[C@]12C. The van der Waals surface area contributed by atoms with Crippen LogP contribution < -0.4 is 0 Å². The van der Waals surface area contributed by atoms with E-state index in [1.165, 1.54) is 44.9 Å². The van der Waals surface area contributed by atoms with Crippen LogP contribution in [0.1, 0.15) is 78.6 Å². The Morgan fingerprint density at radius 2 is 1.57 bits per heavy atom. The van der Waals surface area contributed by atoms with E-state index in [-0.39, 0.29) is 12.2 Å². The predicted octanol–water partition coefficient (Wildman–Crippen LogP) is 4.39. The second-order valence-electron chi connectivity index (χ2n) is 10.1. The van der Waals surface area contributed by atoms with Crippen LogP contribution >= 0.6 is 0 Å². The largest absolute Gasteiger partial charge is 0.393 e. The number of aliphatic hydroxyl groups is 2. The van der Waals surface area contributed by atoms with Gasteiger partial charge in [0.15, 0.2) is 0 Å². The van der Waals surface area contributed by atoms with Gasteiger partial charge in [-0.1, -0.05) is 13.8 Å². The zero-order chi connectivity index (χ0) is 16.4. The van der Waals surface area contributed by atoms with E-state index in [2.05, 4.69) is 13.8 Å². The lowest BCUT2D eigenvalue weighted by Crippen LogP contribution is -2.54. The van der Waals surface area contributed by atoms with E-state index < -0.39 is 0 Å². The van der Waals surface area contributed by atoms with E-state index in [4.69, 9.17) is 0 Å². The minimum atomic E-state index is -0.140. The molecular formula is C21H36O2. The van der Waals surface area contributed by atoms with Gasteiger partial charge in [-0.05, 0) is 105 Å². The summed E-state index contributed by atoms with van der Waals surface area (Å²) in [6.45, 7) is 7.08. The van der Waals surface area contributed by atoms with Crippen LogP contribution in [0.15, 0.2) is 0 Å². The molecule has 0 saturated heterocycles. The van der Waals surface area contributed by atoms with Gasteiger partial charge >= 0.3 is 0 Å². The van der Waals surface area contributed by atoms with Crippen LogP contribution in [0.25, 0.3) is 0 Å². The number of hydrogen-bond donors (Lipinski definition) is 2. The van der Waals surface area contributed by atoms with Gasteiger partial charge in [0, 0.05) is 0 Å². The lowest BCUT2D eigenvalue weighted by atomic mass is 9.44. The maximum atomic E-state index is 10.3. The third-order valence-electron chi connectivity index (χ3n) is 9.29. The lowest BCUT2D eigenvalue weighted by molar-refractivity contribution is -0.132. The van der Waals surface area contributed by atoms with E-state index in [0.29, 0.717) is 16.7 Å². The molecule has 132 valence electrons. The molecule has 2 unspecified atom stereocenters. The molecular weight excluding hydrogens is 284 g/mol. The van der Waals surface area contributed by atoms with Crippen molar-refractivity contribution in [3.8, 4) is 0 Å². The minimum absolute atomic E-state index is 0.0374. The van der Waals surface area contributed by atoms with Gasteiger partial charge in [-0.15, -0.1) is 0 Å². The van der Waals surface area contributed by atoms with Crippen molar-refractivity contribution in [3.63, 3.8) is 0 Å². The summed E-state index contributed by atoms with van der Waals surface area (Å²) in [7, 11) is 0. The van der Waals surface area contributed by atoms with Crippen molar-refractivity contribution < 1.29 is 10.2 Å². The van der Waals surface area contributed by atoms with Crippen LogP contribution in [0.4, 0.5) is 0 Å². The fourth-order valence-corrected chi connectivity index (χ4v) is 8.07. The predicted molar refractivity (Wildman–Crippen MR) is 92.9 cm³/mol. The minimum Gasteiger partial charge on any atom is -0.393 e. The van der Waals surface area contributed by atoms with Crippen LogP contribution in [0.2, 0.25) is 0 Å². The van der Waals surface area contributed by atoms with Gasteiger partial charge in [0.05, 0.1) is 12.2 Å². The van der Waals surface area contributed by atoms with Gasteiger partial charge in [0.25, 0.3) is 0 Å². The van der Waals surface area contributed by atoms with E-state index in [9.17, 15) is 10.2 Å². The summed E-state index contributed by atoms with van der Waals surface area (Å²) in [6, 6.07) is 0. The Balaban J connectivity index is 1.60. The first-order chi connectivity index (χ1) is 10.9. The zero-order valence-electron chi connectivity index (χ0n) is 15.3. The Bertz CT molecular complexity index is 461. The Labute approximate surface area is 142 Å². The molecule has 0 aliphatic heterocycles. The van der Waals surface area contributed by atoms with Gasteiger partial charge in [0.1, 0.15) is 0 Å². The van der Waals surface area contributed by atoms with Crippen molar-refractivity contribution in [1.29, 1.82) is 0 Å². The molecule has 2 heteroatoms. The van der Waals surface area contributed by atoms with E-state index in [1.807, 2.05) is 6.92 Å². The van der Waals surface area contributed by atoms with E-state index >= 15 is 0 Å². The van der Waals surface area contributed by atoms with Crippen molar-refractivity contribution in [2.45, 2.75) is 90.8 Å². The smallest absolute Gasteiger partial charge is 0.0545 e. The fourth-order valence-electron chi connectivity index (χ4n) is 8.07. The number of aliphatic hydroxyl groups excluding tert-OH is 2. The monoisotopic (exact) mass is 320 g/mol. The number of rotatable bonds is 1. The Morgan fingerprint density at radius 1 is 0.870 bits per heavy atom. The molecule has 2 nitrogen and oxygen atoms in total. The van der Waals surface area contributed by atoms with Gasteiger partial charge in [-0.25, -0.2) is 0 Å². The standard InChI is InChI=1S/C21H36O2/c1-13(22)17-6-7-18-16-5-4-14-12-15(23)8-10-20(14,2)19(16)9-11-21(17,18)3/h13-19,22-23H,4-12H2,1-3H3/t13?,14?,15-,16+,17-,18+,19+,20+,21-/m1/s1. The van der Waals surface area contributed by atoms with Crippen molar-refractivity contribution in [2.24, 2.45) is 40.4 Å². The highest BCUT2D eigenvalue weighted by molar-refractivity contribution is 5.09. The Hall–Kier alpha value is -0.0800. The van der Waals surface area contributed by atoms with Crippen molar-refractivity contribution in [1.82, 2.24) is 0 Å². The molecule has 0 aromatic heterocycles. The summed E-state index contributed by atoms with van der Waals surface area (Å²) in [5, 5.41) is 20.4. The topological polar surface area (TPSA) is 40.5 Å². The molecule has 0 aromatic carbocycles. The molecule has 23 heavy (non-hydrogen) atoms. The van der Waals surface area contributed by atoms with Gasteiger partial charge in [0.2, 0.25) is 0 Å². The van der Waals surface area contributed by atoms with Crippen molar-refractivity contribution in [2.75, 3.05) is 0 Å². The second kappa shape index (κ2) is 5.46. The lowest BCUT2D eigenvalue weighted by Gasteiger charge is -2.61. The molecule has 0 spiro atoms. The highest BCUT2D eigenvalue weighted by atomic mass is 16.3. The molecule has 0 bridgehead atoms. The molecule has 4 aliphatic rings. The first kappa shape index (κ1) is 16.4. The average molecular weight is 321 g/mol. The molecule has 9 atom stereocenters. The van der Waals surface area contributed by atoms with Crippen LogP contribution in [-0.2, 0) is 0 Å². The highest BCUT2D eigenvalue weighted by Gasteiger charge is 2.60. The highest BCUT2D eigenvalue weighted by Crippen LogP contribution is 2.67. The Kier molecular flexibility index (Phi) is 3.89. The summed E-state index contributed by atoms with van der Waals surface area (Å²) in [5.41, 5.74) is 0.860. The van der Waals surface area contributed by atoms with Crippen LogP contribution in [0, 0.1) is 40.4 Å². The molecule has 0 heterocycles. The van der Waals surface area contributed by atoms with Gasteiger partial charge < -0.3 is 10.2 Å². The fraction of sp³-hybridized carbons (Fsp3) is 1.00. The first-order valence-corrected chi connectivity index (χ1v) is 10.2. The van der Waals surface area contributed by atoms with Gasteiger partial charge in [-0.3, -0.25) is 0 Å². The summed E-state index contributed by atoms with van der Waals surface area (Å²) in [5.74, 6) is 3.87. The van der Waals surface area contributed by atoms with E-state index in [0.717, 1.165) is 36.5 Å². The maximum Gasteiger partial charge on any atom is 0.0545 e. The molecule has 4 rings (SSSR count). The van der Waals surface area contributed by atoms with Crippen LogP contribution in [-0.4, -0.2) is 22.4 Å². The normalized spacial score (nSPS) is 57.3.